The van der Waals surface area contributed by atoms with Crippen molar-refractivity contribution in [1.29, 1.82) is 0 Å². The monoisotopic (exact) mass is 428 g/mol. The maximum atomic E-state index is 13.1. The topological polar surface area (TPSA) is 75.6 Å². The fraction of sp³-hybridized carbons (Fsp3) is 0.455. The number of halogens is 1. The van der Waals surface area contributed by atoms with Crippen molar-refractivity contribution in [3.05, 3.63) is 46.9 Å². The SMILES string of the molecule is Cc1cc(OC2CCCN(C(=O)C3CC(=O)N(c4ccc(Cl)cc4)C3)C2)nc(C)n1. The summed E-state index contributed by atoms with van der Waals surface area (Å²) in [5.41, 5.74) is 1.63. The second kappa shape index (κ2) is 8.60. The average molecular weight is 429 g/mol. The zero-order valence-electron chi connectivity index (χ0n) is 17.2. The standard InChI is InChI=1S/C22H25ClN4O3/c1-14-10-20(25-15(2)24-14)30-19-4-3-9-26(13-19)22(29)16-11-21(28)27(12-16)18-7-5-17(23)6-8-18/h5-8,10,16,19H,3-4,9,11-13H2,1-2H3. The van der Waals surface area contributed by atoms with Crippen molar-refractivity contribution in [1.82, 2.24) is 14.9 Å². The number of rotatable bonds is 4. The van der Waals surface area contributed by atoms with Crippen LogP contribution in [0.15, 0.2) is 30.3 Å². The minimum Gasteiger partial charge on any atom is -0.472 e. The lowest BCUT2D eigenvalue weighted by Crippen LogP contribution is -2.47. The molecule has 0 radical (unpaired) electrons. The molecule has 0 bridgehead atoms. The van der Waals surface area contributed by atoms with Crippen molar-refractivity contribution in [2.75, 3.05) is 24.5 Å². The van der Waals surface area contributed by atoms with E-state index in [1.54, 1.807) is 17.0 Å². The first-order chi connectivity index (χ1) is 14.4. The Balaban J connectivity index is 1.39. The van der Waals surface area contributed by atoms with E-state index < -0.39 is 0 Å². The van der Waals surface area contributed by atoms with E-state index in [0.717, 1.165) is 24.2 Å². The molecule has 2 unspecified atom stereocenters. The van der Waals surface area contributed by atoms with Gasteiger partial charge in [-0.05, 0) is 51.0 Å². The van der Waals surface area contributed by atoms with E-state index in [2.05, 4.69) is 9.97 Å². The van der Waals surface area contributed by atoms with Crippen LogP contribution in [-0.2, 0) is 9.59 Å². The summed E-state index contributed by atoms with van der Waals surface area (Å²) >= 11 is 5.94. The van der Waals surface area contributed by atoms with Crippen molar-refractivity contribution in [3.63, 3.8) is 0 Å². The van der Waals surface area contributed by atoms with E-state index in [4.69, 9.17) is 16.3 Å². The Morgan fingerprint density at radius 1 is 1.17 bits per heavy atom. The van der Waals surface area contributed by atoms with E-state index in [9.17, 15) is 9.59 Å². The number of carbonyl (C=O) groups excluding carboxylic acids is 2. The molecular weight excluding hydrogens is 404 g/mol. The number of hydrogen-bond acceptors (Lipinski definition) is 5. The number of carbonyl (C=O) groups is 2. The van der Waals surface area contributed by atoms with Gasteiger partial charge in [0, 0.05) is 42.0 Å². The Hall–Kier alpha value is -2.67. The molecule has 30 heavy (non-hydrogen) atoms. The third kappa shape index (κ3) is 4.56. The highest BCUT2D eigenvalue weighted by molar-refractivity contribution is 6.30. The number of benzene rings is 1. The Labute approximate surface area is 181 Å². The fourth-order valence-electron chi connectivity index (χ4n) is 4.15. The van der Waals surface area contributed by atoms with Gasteiger partial charge in [0.1, 0.15) is 11.9 Å². The Bertz CT molecular complexity index is 930. The summed E-state index contributed by atoms with van der Waals surface area (Å²) in [5, 5.41) is 0.617. The van der Waals surface area contributed by atoms with Gasteiger partial charge in [-0.15, -0.1) is 0 Å². The maximum absolute atomic E-state index is 13.1. The molecule has 3 heterocycles. The van der Waals surface area contributed by atoms with Crippen LogP contribution in [0.3, 0.4) is 0 Å². The van der Waals surface area contributed by atoms with Gasteiger partial charge in [0.15, 0.2) is 0 Å². The lowest BCUT2D eigenvalue weighted by molar-refractivity contribution is -0.138. The molecule has 2 saturated heterocycles. The second-order valence-corrected chi connectivity index (χ2v) is 8.38. The molecule has 2 aliphatic rings. The molecular formula is C22H25ClN4O3. The van der Waals surface area contributed by atoms with Gasteiger partial charge in [-0.3, -0.25) is 9.59 Å². The molecule has 0 saturated carbocycles. The molecule has 2 fully saturated rings. The van der Waals surface area contributed by atoms with Crippen LogP contribution >= 0.6 is 11.6 Å². The smallest absolute Gasteiger partial charge is 0.228 e. The molecule has 158 valence electrons. The summed E-state index contributed by atoms with van der Waals surface area (Å²) in [7, 11) is 0. The molecule has 0 aliphatic carbocycles. The first-order valence-electron chi connectivity index (χ1n) is 10.2. The summed E-state index contributed by atoms with van der Waals surface area (Å²) in [6, 6.07) is 8.94. The van der Waals surface area contributed by atoms with E-state index in [1.165, 1.54) is 0 Å². The predicted molar refractivity (Wildman–Crippen MR) is 114 cm³/mol. The number of amides is 2. The maximum Gasteiger partial charge on any atom is 0.228 e. The molecule has 4 rings (SSSR count). The molecule has 0 spiro atoms. The first-order valence-corrected chi connectivity index (χ1v) is 10.6. The number of nitrogens with zero attached hydrogens (tertiary/aromatic N) is 4. The lowest BCUT2D eigenvalue weighted by atomic mass is 10.0. The van der Waals surface area contributed by atoms with E-state index in [-0.39, 0.29) is 30.3 Å². The first kappa shape index (κ1) is 20.6. The zero-order valence-corrected chi connectivity index (χ0v) is 17.9. The summed E-state index contributed by atoms with van der Waals surface area (Å²) in [4.78, 5) is 37.7. The number of piperidine rings is 1. The van der Waals surface area contributed by atoms with Gasteiger partial charge >= 0.3 is 0 Å². The molecule has 1 aromatic heterocycles. The molecule has 2 amide bonds. The average Bonchev–Trinajstić information content (AvgIpc) is 3.09. The summed E-state index contributed by atoms with van der Waals surface area (Å²) in [6.07, 6.45) is 1.85. The van der Waals surface area contributed by atoms with Crippen LogP contribution in [0.25, 0.3) is 0 Å². The van der Waals surface area contributed by atoms with Gasteiger partial charge in [0.25, 0.3) is 0 Å². The molecule has 7 nitrogen and oxygen atoms in total. The minimum absolute atomic E-state index is 0.0168. The summed E-state index contributed by atoms with van der Waals surface area (Å²) in [6.45, 7) is 5.33. The van der Waals surface area contributed by atoms with Crippen LogP contribution < -0.4 is 9.64 Å². The summed E-state index contributed by atoms with van der Waals surface area (Å²) in [5.74, 6) is 0.857. The fourth-order valence-corrected chi connectivity index (χ4v) is 4.28. The van der Waals surface area contributed by atoms with E-state index >= 15 is 0 Å². The molecule has 2 atom stereocenters. The van der Waals surface area contributed by atoms with Gasteiger partial charge in [-0.2, -0.15) is 4.98 Å². The molecule has 2 aromatic rings. The van der Waals surface area contributed by atoms with Crippen LogP contribution in [0.2, 0.25) is 5.02 Å². The minimum atomic E-state index is -0.338. The number of hydrogen-bond donors (Lipinski definition) is 0. The van der Waals surface area contributed by atoms with Crippen molar-refractivity contribution < 1.29 is 14.3 Å². The van der Waals surface area contributed by atoms with E-state index in [0.29, 0.717) is 36.4 Å². The Kier molecular flexibility index (Phi) is 5.90. The highest BCUT2D eigenvalue weighted by Gasteiger charge is 2.38. The second-order valence-electron chi connectivity index (χ2n) is 7.94. The number of likely N-dealkylation sites (tertiary alicyclic amines) is 1. The quantitative estimate of drug-likeness (QED) is 0.747. The van der Waals surface area contributed by atoms with Crippen molar-refractivity contribution in [3.8, 4) is 5.88 Å². The number of aryl methyl sites for hydroxylation is 2. The third-order valence-corrected chi connectivity index (χ3v) is 5.78. The van der Waals surface area contributed by atoms with Crippen molar-refractivity contribution in [2.45, 2.75) is 39.2 Å². The van der Waals surface area contributed by atoms with Crippen molar-refractivity contribution >= 4 is 29.1 Å². The van der Waals surface area contributed by atoms with Crippen LogP contribution in [0.1, 0.15) is 30.8 Å². The van der Waals surface area contributed by atoms with Crippen LogP contribution in [0.4, 0.5) is 5.69 Å². The third-order valence-electron chi connectivity index (χ3n) is 5.53. The van der Waals surface area contributed by atoms with Gasteiger partial charge in [-0.1, -0.05) is 11.6 Å². The van der Waals surface area contributed by atoms with Crippen molar-refractivity contribution in [2.24, 2.45) is 5.92 Å². The number of ether oxygens (including phenoxy) is 1. The van der Waals surface area contributed by atoms with E-state index in [1.807, 2.05) is 36.9 Å². The zero-order chi connectivity index (χ0) is 21.3. The van der Waals surface area contributed by atoms with Crippen LogP contribution in [0.5, 0.6) is 5.88 Å². The lowest BCUT2D eigenvalue weighted by Gasteiger charge is -2.34. The van der Waals surface area contributed by atoms with Crippen LogP contribution in [-0.4, -0.2) is 52.4 Å². The molecule has 1 aromatic carbocycles. The Morgan fingerprint density at radius 2 is 1.93 bits per heavy atom. The number of aromatic nitrogens is 2. The highest BCUT2D eigenvalue weighted by Crippen LogP contribution is 2.28. The summed E-state index contributed by atoms with van der Waals surface area (Å²) < 4.78 is 6.05. The van der Waals surface area contributed by atoms with Crippen LogP contribution in [0, 0.1) is 19.8 Å². The largest absolute Gasteiger partial charge is 0.472 e. The molecule has 0 N–H and O–H groups in total. The highest BCUT2D eigenvalue weighted by atomic mass is 35.5. The molecule has 8 heteroatoms. The number of anilines is 1. The van der Waals surface area contributed by atoms with Gasteiger partial charge < -0.3 is 14.5 Å². The predicted octanol–water partition coefficient (Wildman–Crippen LogP) is 3.17. The molecule has 2 aliphatic heterocycles. The van der Waals surface area contributed by atoms with Gasteiger partial charge in [-0.25, -0.2) is 4.98 Å². The Morgan fingerprint density at radius 3 is 2.67 bits per heavy atom. The van der Waals surface area contributed by atoms with Gasteiger partial charge in [0.2, 0.25) is 17.7 Å². The normalized spacial score (nSPS) is 21.8. The van der Waals surface area contributed by atoms with Gasteiger partial charge in [0.05, 0.1) is 12.5 Å².